The van der Waals surface area contributed by atoms with Gasteiger partial charge < -0.3 is 15.3 Å². The Hall–Kier alpha value is -1.84. The van der Waals surface area contributed by atoms with Crippen molar-refractivity contribution in [2.75, 3.05) is 20.1 Å². The predicted octanol–water partition coefficient (Wildman–Crippen LogP) is 3.50. The van der Waals surface area contributed by atoms with Crippen molar-refractivity contribution in [2.24, 2.45) is 0 Å². The van der Waals surface area contributed by atoms with Crippen molar-refractivity contribution in [1.29, 1.82) is 0 Å². The average molecular weight is 351 g/mol. The minimum atomic E-state index is 0.0935. The van der Waals surface area contributed by atoms with E-state index in [4.69, 9.17) is 0 Å². The van der Waals surface area contributed by atoms with Gasteiger partial charge in [0.05, 0.1) is 0 Å². The number of phenols is 1. The standard InChI is InChI=1S/C23H30N2O/c1-23-12-14-25(2)21(15-18-10-11-19(26)16-20(18)23)22(23)24-13-6-9-17-7-4-3-5-8-17/h3-5,7-8,10-11,16,21-22,24,26H,6,9,12-15H2,1-2H3/t21-,22-,23+/m1/s1. The summed E-state index contributed by atoms with van der Waals surface area (Å²) in [7, 11) is 2.26. The normalized spacial score (nSPS) is 27.9. The van der Waals surface area contributed by atoms with Crippen LogP contribution in [-0.4, -0.2) is 42.2 Å². The number of likely N-dealkylation sites (N-methyl/N-ethyl adjacent to an activating group) is 1. The lowest BCUT2D eigenvalue weighted by Gasteiger charge is -2.55. The van der Waals surface area contributed by atoms with Crippen molar-refractivity contribution in [3.05, 3.63) is 65.2 Å². The van der Waals surface area contributed by atoms with E-state index in [1.165, 1.54) is 16.7 Å². The molecule has 2 aromatic carbocycles. The van der Waals surface area contributed by atoms with Crippen LogP contribution in [0.15, 0.2) is 48.5 Å². The van der Waals surface area contributed by atoms with Crippen LogP contribution in [0.2, 0.25) is 0 Å². The number of hydrogen-bond acceptors (Lipinski definition) is 3. The molecule has 0 unspecified atom stereocenters. The van der Waals surface area contributed by atoms with E-state index in [0.29, 0.717) is 17.8 Å². The zero-order chi connectivity index (χ0) is 18.1. The molecule has 1 fully saturated rings. The molecule has 1 aliphatic heterocycles. The first-order chi connectivity index (χ1) is 12.6. The van der Waals surface area contributed by atoms with Crippen LogP contribution in [0.3, 0.4) is 0 Å². The van der Waals surface area contributed by atoms with Gasteiger partial charge in [-0.25, -0.2) is 0 Å². The maximum absolute atomic E-state index is 10.0. The Balaban J connectivity index is 1.49. The van der Waals surface area contributed by atoms with Gasteiger partial charge in [-0.1, -0.05) is 43.3 Å². The molecule has 3 heteroatoms. The predicted molar refractivity (Wildman–Crippen MR) is 107 cm³/mol. The second-order valence-corrected chi connectivity index (χ2v) is 8.28. The molecule has 0 amide bonds. The van der Waals surface area contributed by atoms with E-state index in [2.05, 4.69) is 60.6 Å². The van der Waals surface area contributed by atoms with Crippen LogP contribution in [0.25, 0.3) is 0 Å². The number of likely N-dealkylation sites (tertiary alicyclic amines) is 1. The molecule has 3 nitrogen and oxygen atoms in total. The van der Waals surface area contributed by atoms with Crippen molar-refractivity contribution in [1.82, 2.24) is 10.2 Å². The van der Waals surface area contributed by atoms with Crippen LogP contribution >= 0.6 is 0 Å². The summed E-state index contributed by atoms with van der Waals surface area (Å²) in [5.41, 5.74) is 4.26. The van der Waals surface area contributed by atoms with Crippen molar-refractivity contribution >= 4 is 0 Å². The third-order valence-electron chi connectivity index (χ3n) is 6.61. The molecule has 0 spiro atoms. The van der Waals surface area contributed by atoms with Gasteiger partial charge in [0.25, 0.3) is 0 Å². The lowest BCUT2D eigenvalue weighted by molar-refractivity contribution is 0.0659. The van der Waals surface area contributed by atoms with E-state index in [0.717, 1.165) is 38.8 Å². The quantitative estimate of drug-likeness (QED) is 0.810. The fourth-order valence-electron chi connectivity index (χ4n) is 5.04. The number of aromatic hydroxyl groups is 1. The molecule has 2 bridgehead atoms. The third-order valence-corrected chi connectivity index (χ3v) is 6.61. The molecule has 4 rings (SSSR count). The van der Waals surface area contributed by atoms with Crippen LogP contribution in [0.4, 0.5) is 0 Å². The van der Waals surface area contributed by atoms with Crippen LogP contribution in [-0.2, 0) is 18.3 Å². The Bertz CT molecular complexity index is 760. The second kappa shape index (κ2) is 7.05. The van der Waals surface area contributed by atoms with Crippen molar-refractivity contribution in [3.63, 3.8) is 0 Å². The zero-order valence-electron chi connectivity index (χ0n) is 15.9. The highest BCUT2D eigenvalue weighted by Gasteiger charge is 2.49. The summed E-state index contributed by atoms with van der Waals surface area (Å²) in [6.45, 7) is 4.55. The molecule has 1 heterocycles. The highest BCUT2D eigenvalue weighted by molar-refractivity contribution is 5.45. The van der Waals surface area contributed by atoms with Gasteiger partial charge in [0.1, 0.15) is 5.75 Å². The molecule has 26 heavy (non-hydrogen) atoms. The molecule has 2 aliphatic rings. The summed E-state index contributed by atoms with van der Waals surface area (Å²) in [6, 6.07) is 17.7. The number of hydrogen-bond donors (Lipinski definition) is 2. The van der Waals surface area contributed by atoms with Crippen molar-refractivity contribution < 1.29 is 5.11 Å². The number of benzene rings is 2. The number of nitrogens with zero attached hydrogens (tertiary/aromatic N) is 1. The fourth-order valence-corrected chi connectivity index (χ4v) is 5.04. The van der Waals surface area contributed by atoms with Crippen molar-refractivity contribution in [2.45, 2.75) is 50.1 Å². The molecule has 3 atom stereocenters. The second-order valence-electron chi connectivity index (χ2n) is 8.28. The van der Waals surface area contributed by atoms with Gasteiger partial charge >= 0.3 is 0 Å². The Morgan fingerprint density at radius 1 is 1.19 bits per heavy atom. The largest absolute Gasteiger partial charge is 0.508 e. The minimum absolute atomic E-state index is 0.0935. The van der Waals surface area contributed by atoms with Gasteiger partial charge in [-0.3, -0.25) is 0 Å². The van der Waals surface area contributed by atoms with Crippen LogP contribution in [0.5, 0.6) is 5.75 Å². The van der Waals surface area contributed by atoms with E-state index in [-0.39, 0.29) is 5.41 Å². The first-order valence-corrected chi connectivity index (χ1v) is 9.88. The molecule has 1 aliphatic carbocycles. The smallest absolute Gasteiger partial charge is 0.115 e. The average Bonchev–Trinajstić information content (AvgIpc) is 2.65. The summed E-state index contributed by atoms with van der Waals surface area (Å²) in [5.74, 6) is 0.394. The van der Waals surface area contributed by atoms with Gasteiger partial charge in [-0.05, 0) is 74.6 Å². The topological polar surface area (TPSA) is 35.5 Å². The van der Waals surface area contributed by atoms with Gasteiger partial charge in [0.2, 0.25) is 0 Å². The van der Waals surface area contributed by atoms with E-state index in [1.54, 1.807) is 0 Å². The molecule has 138 valence electrons. The Morgan fingerprint density at radius 2 is 2.00 bits per heavy atom. The zero-order valence-corrected chi connectivity index (χ0v) is 15.9. The minimum Gasteiger partial charge on any atom is -0.508 e. The summed E-state index contributed by atoms with van der Waals surface area (Å²) < 4.78 is 0. The number of aryl methyl sites for hydroxylation is 1. The lowest BCUT2D eigenvalue weighted by atomic mass is 9.61. The fraction of sp³-hybridized carbons (Fsp3) is 0.478. The van der Waals surface area contributed by atoms with Gasteiger partial charge in [-0.15, -0.1) is 0 Å². The lowest BCUT2D eigenvalue weighted by Crippen LogP contribution is -2.66. The third kappa shape index (κ3) is 3.15. The van der Waals surface area contributed by atoms with Crippen molar-refractivity contribution in [3.8, 4) is 5.75 Å². The number of phenolic OH excluding ortho intramolecular Hbond substituents is 1. The first kappa shape index (κ1) is 17.6. The summed E-state index contributed by atoms with van der Waals surface area (Å²) in [6.07, 6.45) is 4.47. The Kier molecular flexibility index (Phi) is 4.76. The molecule has 1 saturated heterocycles. The molecule has 0 saturated carbocycles. The maximum atomic E-state index is 10.0. The molecule has 0 aromatic heterocycles. The Labute approximate surface area is 157 Å². The summed E-state index contributed by atoms with van der Waals surface area (Å²) in [4.78, 5) is 2.52. The summed E-state index contributed by atoms with van der Waals surface area (Å²) in [5, 5.41) is 13.9. The molecular weight excluding hydrogens is 320 g/mol. The van der Waals surface area contributed by atoms with E-state index >= 15 is 0 Å². The van der Waals surface area contributed by atoms with Crippen LogP contribution in [0, 0.1) is 0 Å². The van der Waals surface area contributed by atoms with Gasteiger partial charge in [-0.2, -0.15) is 0 Å². The monoisotopic (exact) mass is 350 g/mol. The van der Waals surface area contributed by atoms with Gasteiger partial charge in [0, 0.05) is 17.5 Å². The highest BCUT2D eigenvalue weighted by atomic mass is 16.3. The van der Waals surface area contributed by atoms with Gasteiger partial charge in [0.15, 0.2) is 0 Å². The van der Waals surface area contributed by atoms with E-state index in [1.807, 2.05) is 12.1 Å². The highest BCUT2D eigenvalue weighted by Crippen LogP contribution is 2.45. The SMILES string of the molecule is CN1CC[C@@]2(C)c3cc(O)ccc3C[C@@H]1[C@H]2NCCCc1ccccc1. The number of nitrogens with one attached hydrogen (secondary N) is 1. The molecule has 0 radical (unpaired) electrons. The number of rotatable bonds is 5. The maximum Gasteiger partial charge on any atom is 0.115 e. The molecule has 2 aromatic rings. The molecular formula is C23H30N2O. The molecule has 2 N–H and O–H groups in total. The number of piperidine rings is 1. The van der Waals surface area contributed by atoms with Crippen LogP contribution in [0.1, 0.15) is 36.5 Å². The summed E-state index contributed by atoms with van der Waals surface area (Å²) >= 11 is 0. The Morgan fingerprint density at radius 3 is 2.81 bits per heavy atom. The number of fused-ring (bicyclic) bond motifs is 4. The first-order valence-electron chi connectivity index (χ1n) is 9.88. The van der Waals surface area contributed by atoms with E-state index in [9.17, 15) is 5.11 Å². The van der Waals surface area contributed by atoms with Crippen LogP contribution < -0.4 is 5.32 Å². The van der Waals surface area contributed by atoms with E-state index < -0.39 is 0 Å².